The second kappa shape index (κ2) is 14.0. The first-order chi connectivity index (χ1) is 11.3. The van der Waals surface area contributed by atoms with E-state index in [0.29, 0.717) is 0 Å². The van der Waals surface area contributed by atoms with Crippen LogP contribution in [0.4, 0.5) is 0 Å². The molecule has 0 saturated heterocycles. The second-order valence-electron chi connectivity index (χ2n) is 4.93. The summed E-state index contributed by atoms with van der Waals surface area (Å²) in [7, 11) is 5.99. The van der Waals surface area contributed by atoms with Crippen molar-refractivity contribution in [3.63, 3.8) is 0 Å². The van der Waals surface area contributed by atoms with Crippen molar-refractivity contribution in [3.8, 4) is 0 Å². The van der Waals surface area contributed by atoms with Crippen molar-refractivity contribution in [1.29, 1.82) is 0 Å². The molecule has 0 heterocycles. The maximum atomic E-state index is 3.36. The van der Waals surface area contributed by atoms with E-state index in [4.69, 9.17) is 0 Å². The smallest absolute Gasteiger partial charge is 0.0711 e. The zero-order chi connectivity index (χ0) is 16.3. The van der Waals surface area contributed by atoms with Crippen molar-refractivity contribution in [2.45, 2.75) is 0 Å². The third kappa shape index (κ3) is 9.74. The Kier molecular flexibility index (Phi) is 13.3. The van der Waals surface area contributed by atoms with Crippen LogP contribution in [0.5, 0.6) is 0 Å². The molecule has 25 heavy (non-hydrogen) atoms. The molecule has 4 aromatic rings. The van der Waals surface area contributed by atoms with Gasteiger partial charge in [-0.2, -0.15) is 17.5 Å². The Labute approximate surface area is 179 Å². The Bertz CT molecular complexity index is 740. The van der Waals surface area contributed by atoms with Gasteiger partial charge in [-0.15, -0.1) is 38.9 Å². The molecule has 0 aliphatic rings. The average Bonchev–Trinajstić information content (AvgIpc) is 3.06. The van der Waals surface area contributed by atoms with Crippen LogP contribution in [-0.2, 0) is 25.8 Å². The van der Waals surface area contributed by atoms with Gasteiger partial charge in [-0.05, 0) is 5.30 Å². The summed E-state index contributed by atoms with van der Waals surface area (Å²) in [6, 6.07) is 34.8. The summed E-state index contributed by atoms with van der Waals surface area (Å²) >= 11 is 0. The van der Waals surface area contributed by atoms with Crippen molar-refractivity contribution in [2.24, 2.45) is 0 Å². The van der Waals surface area contributed by atoms with Crippen LogP contribution in [0.3, 0.4) is 0 Å². The van der Waals surface area contributed by atoms with Crippen LogP contribution < -0.4 is 10.5 Å². The van der Waals surface area contributed by atoms with Crippen LogP contribution in [0.1, 0.15) is 2.85 Å². The molecule has 0 nitrogen and oxygen atoms in total. The molecule has 4 aromatic carbocycles. The first kappa shape index (κ1) is 23.8. The molecule has 0 aromatic heterocycles. The van der Waals surface area contributed by atoms with Crippen LogP contribution in [0, 0.1) is 7.43 Å². The molecule has 0 saturated carbocycles. The Balaban J connectivity index is -0.000000301. The Hall–Kier alpha value is -1.21. The van der Waals surface area contributed by atoms with Crippen LogP contribution in [0.15, 0.2) is 103 Å². The zero-order valence-electron chi connectivity index (χ0n) is 16.4. The maximum absolute atomic E-state index is 3.36. The van der Waals surface area contributed by atoms with E-state index in [-0.39, 0.29) is 36.1 Å². The van der Waals surface area contributed by atoms with Gasteiger partial charge in [0.05, 0.1) is 10.2 Å². The second-order valence-corrected chi connectivity index (χ2v) is 6.18. The van der Waals surface area contributed by atoms with E-state index < -0.39 is 0 Å². The number of benzene rings is 3. The largest absolute Gasteiger partial charge is 1.00 e. The predicted octanol–water partition coefficient (Wildman–Crippen LogP) is 4.90. The molecule has 0 N–H and O–H groups in total. The van der Waals surface area contributed by atoms with Gasteiger partial charge in [-0.25, -0.2) is 0 Å². The minimum Gasteiger partial charge on any atom is -1.00 e. The molecule has 0 bridgehead atoms. The molecule has 1 atom stereocenters. The Morgan fingerprint density at radius 2 is 1.24 bits per heavy atom. The third-order valence-electron chi connectivity index (χ3n) is 3.12. The monoisotopic (exact) mass is 527 g/mol. The van der Waals surface area contributed by atoms with Gasteiger partial charge in [0.2, 0.25) is 0 Å². The number of fused-ring (bicyclic) bond motifs is 1. The molecular formula is C22H24HfPSi-4. The van der Waals surface area contributed by atoms with Crippen molar-refractivity contribution in [2.75, 3.05) is 0 Å². The molecule has 4 rings (SSSR count). The van der Waals surface area contributed by atoms with Gasteiger partial charge in [0.15, 0.2) is 0 Å². The van der Waals surface area contributed by atoms with E-state index in [9.17, 15) is 0 Å². The Morgan fingerprint density at radius 1 is 0.720 bits per heavy atom. The fourth-order valence-electron chi connectivity index (χ4n) is 1.96. The number of hydrogen-bond donors (Lipinski definition) is 0. The molecule has 3 heteroatoms. The van der Waals surface area contributed by atoms with Gasteiger partial charge in [0, 0.05) is 25.8 Å². The van der Waals surface area contributed by atoms with Crippen LogP contribution in [0.25, 0.3) is 10.8 Å². The van der Waals surface area contributed by atoms with Crippen molar-refractivity contribution < 1.29 is 28.7 Å². The van der Waals surface area contributed by atoms with Gasteiger partial charge < -0.3 is 10.3 Å². The summed E-state index contributed by atoms with van der Waals surface area (Å²) in [5, 5.41) is 5.03. The molecular weight excluding hydrogens is 502 g/mol. The van der Waals surface area contributed by atoms with Crippen LogP contribution >= 0.6 is 9.24 Å². The van der Waals surface area contributed by atoms with Crippen molar-refractivity contribution in [1.82, 2.24) is 0 Å². The van der Waals surface area contributed by atoms with Crippen molar-refractivity contribution >= 4 is 40.7 Å². The first-order valence-electron chi connectivity index (χ1n) is 7.43. The van der Waals surface area contributed by atoms with E-state index in [1.165, 1.54) is 16.1 Å². The molecule has 3 radical (unpaired) electrons. The fraction of sp³-hybridized carbons (Fsp3) is 0. The molecule has 0 fully saturated rings. The molecule has 0 amide bonds. The van der Waals surface area contributed by atoms with Gasteiger partial charge in [-0.3, -0.25) is 0 Å². The molecule has 129 valence electrons. The summed E-state index contributed by atoms with van der Waals surface area (Å²) in [4.78, 5) is 0. The fourth-order valence-corrected chi connectivity index (χ4v) is 2.38. The molecule has 1 unspecified atom stereocenters. The van der Waals surface area contributed by atoms with E-state index in [0.717, 1.165) is 5.19 Å². The van der Waals surface area contributed by atoms with Crippen LogP contribution in [0.2, 0.25) is 0 Å². The van der Waals surface area contributed by atoms with Crippen LogP contribution in [-0.4, -0.2) is 10.2 Å². The summed E-state index contributed by atoms with van der Waals surface area (Å²) in [6.07, 6.45) is 0. The average molecular weight is 526 g/mol. The zero-order valence-corrected chi connectivity index (χ0v) is 20.1. The third-order valence-corrected chi connectivity index (χ3v) is 3.84. The van der Waals surface area contributed by atoms with E-state index in [1.807, 2.05) is 60.7 Å². The molecule has 0 spiro atoms. The minimum absolute atomic E-state index is 0. The van der Waals surface area contributed by atoms with Crippen molar-refractivity contribution in [3.05, 3.63) is 111 Å². The van der Waals surface area contributed by atoms with E-state index in [2.05, 4.69) is 61.9 Å². The summed E-state index contributed by atoms with van der Waals surface area (Å²) < 4.78 is 0. The predicted molar refractivity (Wildman–Crippen MR) is 116 cm³/mol. The standard InChI is InChI=1S/C9H7.C6H7P.C6H5Si.CH3.Hf.2H/c1-2-5-9-7-3-6-8(9)4-1;2*7-6-4-2-1-3-5-6;;;;/h1-7H;1-5H,7H2;1-5H;1H3;;;/q-1;;;-1;;2*-1. The topological polar surface area (TPSA) is 0 Å². The summed E-state index contributed by atoms with van der Waals surface area (Å²) in [5.41, 5.74) is 0. The van der Waals surface area contributed by atoms with Gasteiger partial charge >= 0.3 is 0 Å². The SMILES string of the molecule is Pc1ccccc1.[CH3-].[H-].[H-].[Hf].[Si]c1ccccc1.c1ccc2[cH-]ccc2c1. The minimum atomic E-state index is 0. The first-order valence-corrected chi connectivity index (χ1v) is 8.51. The van der Waals surface area contributed by atoms with E-state index >= 15 is 0 Å². The molecule has 0 aliphatic carbocycles. The normalized spacial score (nSPS) is 8.56. The van der Waals surface area contributed by atoms with Gasteiger partial charge in [0.25, 0.3) is 0 Å². The number of hydrogen-bond acceptors (Lipinski definition) is 0. The quantitative estimate of drug-likeness (QED) is 0.174. The number of rotatable bonds is 0. The summed E-state index contributed by atoms with van der Waals surface area (Å²) in [5.74, 6) is 0. The van der Waals surface area contributed by atoms with Gasteiger partial charge in [0.1, 0.15) is 0 Å². The van der Waals surface area contributed by atoms with Gasteiger partial charge in [-0.1, -0.05) is 71.9 Å². The molecule has 0 aliphatic heterocycles. The summed E-state index contributed by atoms with van der Waals surface area (Å²) in [6.45, 7) is 0. The van der Waals surface area contributed by atoms with E-state index in [1.54, 1.807) is 0 Å². The maximum Gasteiger partial charge on any atom is 0.0711 e. The Morgan fingerprint density at radius 3 is 1.68 bits per heavy atom.